The second-order valence-corrected chi connectivity index (χ2v) is 7.47. The van der Waals surface area contributed by atoms with Gasteiger partial charge in [-0.3, -0.25) is 0 Å². The molecule has 5 heteroatoms. The Labute approximate surface area is 141 Å². The average Bonchev–Trinajstić information content (AvgIpc) is 2.60. The summed E-state index contributed by atoms with van der Waals surface area (Å²) in [5, 5.41) is 11.9. The SMILES string of the molecule is O=S(=O)(NC[C@@H](O)Cc1ccccc1)c1ccc2ccccc2c1. The van der Waals surface area contributed by atoms with Crippen LogP contribution in [0.1, 0.15) is 5.56 Å². The van der Waals surface area contributed by atoms with E-state index in [1.165, 1.54) is 0 Å². The summed E-state index contributed by atoms with van der Waals surface area (Å²) >= 11 is 0. The molecule has 0 aliphatic carbocycles. The first-order chi connectivity index (χ1) is 11.5. The Morgan fingerprint density at radius 2 is 1.54 bits per heavy atom. The fourth-order valence-corrected chi connectivity index (χ4v) is 3.69. The molecule has 0 fully saturated rings. The monoisotopic (exact) mass is 341 g/mol. The van der Waals surface area contributed by atoms with Gasteiger partial charge in [-0.1, -0.05) is 60.7 Å². The highest BCUT2D eigenvalue weighted by Gasteiger charge is 2.16. The summed E-state index contributed by atoms with van der Waals surface area (Å²) in [6, 6.07) is 22.1. The third kappa shape index (κ3) is 4.00. The first-order valence-electron chi connectivity index (χ1n) is 7.75. The van der Waals surface area contributed by atoms with Crippen LogP contribution in [0, 0.1) is 0 Å². The third-order valence-electron chi connectivity index (χ3n) is 3.85. The van der Waals surface area contributed by atoms with Gasteiger partial charge in [0.1, 0.15) is 0 Å². The third-order valence-corrected chi connectivity index (χ3v) is 5.28. The Morgan fingerprint density at radius 1 is 0.875 bits per heavy atom. The highest BCUT2D eigenvalue weighted by molar-refractivity contribution is 7.89. The zero-order chi connectivity index (χ0) is 17.0. The molecular weight excluding hydrogens is 322 g/mol. The molecule has 1 atom stereocenters. The van der Waals surface area contributed by atoms with Gasteiger partial charge in [-0.05, 0) is 34.9 Å². The molecule has 4 nitrogen and oxygen atoms in total. The topological polar surface area (TPSA) is 66.4 Å². The second kappa shape index (κ2) is 7.13. The maximum Gasteiger partial charge on any atom is 0.240 e. The molecule has 3 rings (SSSR count). The Morgan fingerprint density at radius 3 is 2.29 bits per heavy atom. The maximum absolute atomic E-state index is 12.4. The second-order valence-electron chi connectivity index (χ2n) is 5.70. The van der Waals surface area contributed by atoms with Crippen LogP contribution in [0.25, 0.3) is 10.8 Å². The molecule has 0 saturated heterocycles. The van der Waals surface area contributed by atoms with Gasteiger partial charge in [-0.15, -0.1) is 0 Å². The Kier molecular flexibility index (Phi) is 4.94. The lowest BCUT2D eigenvalue weighted by Gasteiger charge is -2.13. The predicted molar refractivity (Wildman–Crippen MR) is 95.3 cm³/mol. The van der Waals surface area contributed by atoms with Crippen molar-refractivity contribution in [2.45, 2.75) is 17.4 Å². The molecule has 3 aromatic rings. The summed E-state index contributed by atoms with van der Waals surface area (Å²) in [5.74, 6) is 0. The van der Waals surface area contributed by atoms with Crippen LogP contribution in [-0.4, -0.2) is 26.2 Å². The van der Waals surface area contributed by atoms with Crippen molar-refractivity contribution in [1.29, 1.82) is 0 Å². The van der Waals surface area contributed by atoms with Gasteiger partial charge in [-0.2, -0.15) is 0 Å². The maximum atomic E-state index is 12.4. The van der Waals surface area contributed by atoms with E-state index in [-0.39, 0.29) is 11.4 Å². The number of aliphatic hydroxyl groups is 1. The van der Waals surface area contributed by atoms with Crippen molar-refractivity contribution in [2.75, 3.05) is 6.54 Å². The molecule has 0 amide bonds. The molecule has 2 N–H and O–H groups in total. The number of hydrogen-bond acceptors (Lipinski definition) is 3. The Bertz CT molecular complexity index is 924. The highest BCUT2D eigenvalue weighted by Crippen LogP contribution is 2.18. The van der Waals surface area contributed by atoms with Gasteiger partial charge >= 0.3 is 0 Å². The average molecular weight is 341 g/mol. The zero-order valence-corrected chi connectivity index (χ0v) is 13.9. The van der Waals surface area contributed by atoms with Crippen molar-refractivity contribution in [3.05, 3.63) is 78.4 Å². The minimum absolute atomic E-state index is 0.0238. The molecule has 0 spiro atoms. The zero-order valence-electron chi connectivity index (χ0n) is 13.1. The van der Waals surface area contributed by atoms with E-state index < -0.39 is 16.1 Å². The van der Waals surface area contributed by atoms with E-state index in [4.69, 9.17) is 0 Å². The normalized spacial score (nSPS) is 13.0. The van der Waals surface area contributed by atoms with Gasteiger partial charge in [-0.25, -0.2) is 13.1 Å². The molecular formula is C19H19NO3S. The summed E-state index contributed by atoms with van der Waals surface area (Å²) < 4.78 is 27.3. The minimum atomic E-state index is -3.65. The minimum Gasteiger partial charge on any atom is -0.391 e. The number of nitrogens with one attached hydrogen (secondary N) is 1. The van der Waals surface area contributed by atoms with Crippen LogP contribution in [0.4, 0.5) is 0 Å². The van der Waals surface area contributed by atoms with Gasteiger partial charge in [0.15, 0.2) is 0 Å². The Balaban J connectivity index is 1.68. The van der Waals surface area contributed by atoms with Crippen molar-refractivity contribution in [1.82, 2.24) is 4.72 Å². The van der Waals surface area contributed by atoms with E-state index >= 15 is 0 Å². The highest BCUT2D eigenvalue weighted by atomic mass is 32.2. The van der Waals surface area contributed by atoms with Gasteiger partial charge in [0, 0.05) is 6.54 Å². The van der Waals surface area contributed by atoms with Gasteiger partial charge in [0.25, 0.3) is 0 Å². The van der Waals surface area contributed by atoms with Crippen LogP contribution in [0.2, 0.25) is 0 Å². The van der Waals surface area contributed by atoms with E-state index in [0.717, 1.165) is 16.3 Å². The van der Waals surface area contributed by atoms with Crippen LogP contribution in [0.5, 0.6) is 0 Å². The molecule has 0 aromatic heterocycles. The van der Waals surface area contributed by atoms with Crippen molar-refractivity contribution >= 4 is 20.8 Å². The molecule has 0 heterocycles. The lowest BCUT2D eigenvalue weighted by Crippen LogP contribution is -2.33. The van der Waals surface area contributed by atoms with E-state index in [9.17, 15) is 13.5 Å². The molecule has 3 aromatic carbocycles. The number of sulfonamides is 1. The number of benzene rings is 3. The van der Waals surface area contributed by atoms with Crippen molar-refractivity contribution in [2.24, 2.45) is 0 Å². The summed E-state index contributed by atoms with van der Waals surface area (Å²) in [6.45, 7) is -0.0238. The van der Waals surface area contributed by atoms with Crippen LogP contribution in [-0.2, 0) is 16.4 Å². The fraction of sp³-hybridized carbons (Fsp3) is 0.158. The van der Waals surface area contributed by atoms with Gasteiger partial charge in [0.05, 0.1) is 11.0 Å². The molecule has 0 aliphatic rings. The Hall–Kier alpha value is -2.21. The first-order valence-corrected chi connectivity index (χ1v) is 9.23. The number of aliphatic hydroxyl groups excluding tert-OH is 1. The predicted octanol–water partition coefficient (Wildman–Crippen LogP) is 2.72. The molecule has 0 aliphatic heterocycles. The lowest BCUT2D eigenvalue weighted by molar-refractivity contribution is 0.179. The standard InChI is InChI=1S/C19H19NO3S/c21-18(12-15-6-2-1-3-7-15)14-20-24(22,23)19-11-10-16-8-4-5-9-17(16)13-19/h1-11,13,18,20-21H,12,14H2/t18-/m0/s1. The van der Waals surface area contributed by atoms with Crippen LogP contribution >= 0.6 is 0 Å². The van der Waals surface area contributed by atoms with Crippen molar-refractivity contribution in [3.63, 3.8) is 0 Å². The molecule has 0 radical (unpaired) electrons. The van der Waals surface area contributed by atoms with E-state index in [2.05, 4.69) is 4.72 Å². The van der Waals surface area contributed by atoms with E-state index in [0.29, 0.717) is 6.42 Å². The first kappa shape index (κ1) is 16.6. The summed E-state index contributed by atoms with van der Waals surface area (Å²) in [4.78, 5) is 0.202. The molecule has 24 heavy (non-hydrogen) atoms. The quantitative estimate of drug-likeness (QED) is 0.724. The largest absolute Gasteiger partial charge is 0.391 e. The van der Waals surface area contributed by atoms with Crippen LogP contribution in [0.15, 0.2) is 77.7 Å². The number of fused-ring (bicyclic) bond motifs is 1. The number of rotatable bonds is 6. The fourth-order valence-electron chi connectivity index (χ4n) is 2.58. The summed E-state index contributed by atoms with van der Waals surface area (Å²) in [6.07, 6.45) is -0.371. The van der Waals surface area contributed by atoms with Crippen molar-refractivity contribution < 1.29 is 13.5 Å². The lowest BCUT2D eigenvalue weighted by atomic mass is 10.1. The van der Waals surface area contributed by atoms with Crippen LogP contribution in [0.3, 0.4) is 0 Å². The number of hydrogen-bond donors (Lipinski definition) is 2. The summed E-state index contributed by atoms with van der Waals surface area (Å²) in [7, 11) is -3.65. The molecule has 0 unspecified atom stereocenters. The smallest absolute Gasteiger partial charge is 0.240 e. The summed E-state index contributed by atoms with van der Waals surface area (Å²) in [5.41, 5.74) is 0.968. The molecule has 0 bridgehead atoms. The van der Waals surface area contributed by atoms with Gasteiger partial charge < -0.3 is 5.11 Å². The van der Waals surface area contributed by atoms with E-state index in [1.54, 1.807) is 18.2 Å². The van der Waals surface area contributed by atoms with Crippen LogP contribution < -0.4 is 4.72 Å². The van der Waals surface area contributed by atoms with Gasteiger partial charge in [0.2, 0.25) is 10.0 Å². The molecule has 0 saturated carbocycles. The van der Waals surface area contributed by atoms with Crippen molar-refractivity contribution in [3.8, 4) is 0 Å². The van der Waals surface area contributed by atoms with E-state index in [1.807, 2.05) is 54.6 Å². The molecule has 124 valence electrons.